The minimum Gasteiger partial charge on any atom is -0.347 e. The van der Waals surface area contributed by atoms with Gasteiger partial charge in [0, 0.05) is 25.6 Å². The number of Topliss-reactive ketones (excluding diaryl/α,β-unsaturated/α-hetero) is 1. The molecule has 1 atom stereocenters. The Morgan fingerprint density at radius 2 is 1.91 bits per heavy atom. The van der Waals surface area contributed by atoms with E-state index in [4.69, 9.17) is 5.73 Å². The lowest BCUT2D eigenvalue weighted by atomic mass is 10.1. The number of nitrogens with one attached hydrogen (secondary N) is 1. The number of hydrogen-bond donors (Lipinski definition) is 2. The molecule has 0 saturated carbocycles. The fraction of sp³-hybridized carbons (Fsp3) is 0.200. The van der Waals surface area contributed by atoms with Crippen LogP contribution in [0.25, 0.3) is 5.65 Å². The lowest BCUT2D eigenvalue weighted by Gasteiger charge is -2.07. The van der Waals surface area contributed by atoms with Crippen LogP contribution in [0.4, 0.5) is 8.78 Å². The molecule has 9 heteroatoms. The molecule has 0 spiro atoms. The third kappa shape index (κ3) is 4.99. The Hall–Kier alpha value is -3.98. The second-order valence-corrected chi connectivity index (χ2v) is 7.96. The molecule has 1 aliphatic rings. The second-order valence-electron chi connectivity index (χ2n) is 7.96. The number of aromatic nitrogens is 3. The number of carbonyl (C=O) groups is 2. The van der Waals surface area contributed by atoms with Crippen LogP contribution in [-0.2, 0) is 13.0 Å². The topological polar surface area (TPSA) is 102 Å². The molecule has 2 aromatic heterocycles. The minimum absolute atomic E-state index is 0.00242. The third-order valence-electron chi connectivity index (χ3n) is 5.57. The van der Waals surface area contributed by atoms with E-state index >= 15 is 0 Å². The Morgan fingerprint density at radius 1 is 1.12 bits per heavy atom. The molecule has 0 fully saturated rings. The summed E-state index contributed by atoms with van der Waals surface area (Å²) < 4.78 is 27.4. The Morgan fingerprint density at radius 3 is 2.65 bits per heavy atom. The van der Waals surface area contributed by atoms with Crippen molar-refractivity contribution in [1.29, 1.82) is 0 Å². The van der Waals surface area contributed by atoms with E-state index in [1.54, 1.807) is 6.07 Å². The van der Waals surface area contributed by atoms with Gasteiger partial charge in [0.05, 0.1) is 6.20 Å². The van der Waals surface area contributed by atoms with Gasteiger partial charge in [0.1, 0.15) is 11.4 Å². The number of halogens is 2. The number of nitrogens with zero attached hydrogens (tertiary/aromatic N) is 3. The fourth-order valence-electron chi connectivity index (χ4n) is 3.79. The van der Waals surface area contributed by atoms with E-state index in [1.165, 1.54) is 40.9 Å². The summed E-state index contributed by atoms with van der Waals surface area (Å²) in [4.78, 5) is 28.0. The van der Waals surface area contributed by atoms with Crippen molar-refractivity contribution < 1.29 is 18.4 Å². The standard InChI is InChI=1S/C16H12F2N4O2.C9H11N/c1-9(23)14-7-13(21-15-4-5-20-22(14)15)16(24)19-8-10-2-3-11(17)12(18)6-10;10-9-6-5-7-3-1-2-4-8(7)9/h2-7H,8H2,1H3,(H,19,24);1-4,9H,5-6,10H2/t;9-/m.0/s1. The Balaban J connectivity index is 0.000000226. The number of amides is 1. The van der Waals surface area contributed by atoms with Gasteiger partial charge in [0.2, 0.25) is 0 Å². The molecule has 0 bridgehead atoms. The molecule has 0 aliphatic heterocycles. The van der Waals surface area contributed by atoms with Crippen LogP contribution >= 0.6 is 0 Å². The highest BCUT2D eigenvalue weighted by Crippen LogP contribution is 2.28. The molecule has 0 saturated heterocycles. The first kappa shape index (κ1) is 23.2. The van der Waals surface area contributed by atoms with Gasteiger partial charge in [-0.15, -0.1) is 0 Å². The summed E-state index contributed by atoms with van der Waals surface area (Å²) >= 11 is 0. The number of aryl methyl sites for hydroxylation is 1. The first-order valence-corrected chi connectivity index (χ1v) is 10.7. The predicted octanol–water partition coefficient (Wildman–Crippen LogP) is 3.77. The van der Waals surface area contributed by atoms with Crippen molar-refractivity contribution in [2.45, 2.75) is 32.4 Å². The maximum Gasteiger partial charge on any atom is 0.270 e. The van der Waals surface area contributed by atoms with Gasteiger partial charge in [-0.2, -0.15) is 5.10 Å². The third-order valence-corrected chi connectivity index (χ3v) is 5.57. The van der Waals surface area contributed by atoms with Crippen molar-refractivity contribution in [2.75, 3.05) is 0 Å². The highest BCUT2D eigenvalue weighted by molar-refractivity contribution is 5.98. The van der Waals surface area contributed by atoms with Crippen LogP contribution in [0.5, 0.6) is 0 Å². The zero-order valence-electron chi connectivity index (χ0n) is 18.5. The molecule has 5 rings (SSSR count). The Labute approximate surface area is 194 Å². The van der Waals surface area contributed by atoms with Crippen LogP contribution in [0, 0.1) is 11.6 Å². The van der Waals surface area contributed by atoms with Gasteiger partial charge < -0.3 is 11.1 Å². The molecule has 2 aromatic carbocycles. The minimum atomic E-state index is -0.987. The van der Waals surface area contributed by atoms with Crippen molar-refractivity contribution in [3.63, 3.8) is 0 Å². The van der Waals surface area contributed by atoms with Crippen LogP contribution in [0.2, 0.25) is 0 Å². The smallest absolute Gasteiger partial charge is 0.270 e. The average Bonchev–Trinajstić information content (AvgIpc) is 3.46. The van der Waals surface area contributed by atoms with Gasteiger partial charge in [-0.05, 0) is 47.7 Å². The van der Waals surface area contributed by atoms with Crippen molar-refractivity contribution >= 4 is 17.3 Å². The number of carbonyl (C=O) groups excluding carboxylic acids is 2. The van der Waals surface area contributed by atoms with Crippen LogP contribution in [-0.4, -0.2) is 26.3 Å². The summed E-state index contributed by atoms with van der Waals surface area (Å²) in [5.74, 6) is -2.74. The van der Waals surface area contributed by atoms with Crippen molar-refractivity contribution in [3.05, 3.63) is 101 Å². The molecule has 7 nitrogen and oxygen atoms in total. The molecule has 3 N–H and O–H groups in total. The lowest BCUT2D eigenvalue weighted by Crippen LogP contribution is -2.25. The summed E-state index contributed by atoms with van der Waals surface area (Å²) in [6.45, 7) is 1.36. The van der Waals surface area contributed by atoms with Crippen LogP contribution in [0.1, 0.15) is 57.1 Å². The Kier molecular flexibility index (Phi) is 6.74. The highest BCUT2D eigenvalue weighted by atomic mass is 19.2. The predicted molar refractivity (Wildman–Crippen MR) is 122 cm³/mol. The quantitative estimate of drug-likeness (QED) is 0.449. The van der Waals surface area contributed by atoms with Gasteiger partial charge in [-0.3, -0.25) is 9.59 Å². The molecule has 0 unspecified atom stereocenters. The molecule has 0 radical (unpaired) electrons. The van der Waals surface area contributed by atoms with Crippen LogP contribution < -0.4 is 11.1 Å². The number of benzene rings is 2. The number of ketones is 1. The number of fused-ring (bicyclic) bond motifs is 2. The van der Waals surface area contributed by atoms with Crippen molar-refractivity contribution in [1.82, 2.24) is 19.9 Å². The molecular weight excluding hydrogens is 440 g/mol. The van der Waals surface area contributed by atoms with Gasteiger partial charge in [0.15, 0.2) is 23.1 Å². The molecule has 174 valence electrons. The molecule has 2 heterocycles. The number of hydrogen-bond acceptors (Lipinski definition) is 5. The van der Waals surface area contributed by atoms with E-state index in [-0.39, 0.29) is 23.7 Å². The van der Waals surface area contributed by atoms with E-state index in [9.17, 15) is 18.4 Å². The van der Waals surface area contributed by atoms with Gasteiger partial charge in [-0.25, -0.2) is 18.3 Å². The number of rotatable bonds is 4. The normalized spacial score (nSPS) is 14.3. The number of nitrogens with two attached hydrogens (primary N) is 1. The van der Waals surface area contributed by atoms with Gasteiger partial charge in [0.25, 0.3) is 5.91 Å². The van der Waals surface area contributed by atoms with E-state index < -0.39 is 17.5 Å². The molecule has 4 aromatic rings. The molecule has 34 heavy (non-hydrogen) atoms. The van der Waals surface area contributed by atoms with Gasteiger partial charge >= 0.3 is 0 Å². The summed E-state index contributed by atoms with van der Waals surface area (Å²) in [7, 11) is 0. The first-order valence-electron chi connectivity index (χ1n) is 10.7. The van der Waals surface area contributed by atoms with Crippen molar-refractivity contribution in [3.8, 4) is 0 Å². The lowest BCUT2D eigenvalue weighted by molar-refractivity contribution is 0.0946. The zero-order chi connectivity index (χ0) is 24.2. The SMILES string of the molecule is CC(=O)c1cc(C(=O)NCc2ccc(F)c(F)c2)nc2ccnn12.N[C@H]1CCc2ccccc21. The first-order chi connectivity index (χ1) is 16.3. The second kappa shape index (κ2) is 9.88. The summed E-state index contributed by atoms with van der Waals surface area (Å²) in [5, 5.41) is 6.53. The van der Waals surface area contributed by atoms with Crippen LogP contribution in [0.3, 0.4) is 0 Å². The van der Waals surface area contributed by atoms with E-state index in [0.717, 1.165) is 25.0 Å². The molecular formula is C25H23F2N5O2. The summed E-state index contributed by atoms with van der Waals surface area (Å²) in [6, 6.07) is 15.0. The zero-order valence-corrected chi connectivity index (χ0v) is 18.5. The van der Waals surface area contributed by atoms with Crippen LogP contribution in [0.15, 0.2) is 60.8 Å². The van der Waals surface area contributed by atoms with E-state index in [1.807, 2.05) is 0 Å². The molecule has 1 amide bonds. The van der Waals surface area contributed by atoms with E-state index in [0.29, 0.717) is 17.3 Å². The van der Waals surface area contributed by atoms with E-state index in [2.05, 4.69) is 39.7 Å². The largest absolute Gasteiger partial charge is 0.347 e. The highest BCUT2D eigenvalue weighted by Gasteiger charge is 2.17. The average molecular weight is 463 g/mol. The summed E-state index contributed by atoms with van der Waals surface area (Å²) in [6.07, 6.45) is 3.76. The summed E-state index contributed by atoms with van der Waals surface area (Å²) in [5.41, 5.74) is 9.66. The maximum absolute atomic E-state index is 13.2. The monoisotopic (exact) mass is 463 g/mol. The fourth-order valence-corrected chi connectivity index (χ4v) is 3.79. The van der Waals surface area contributed by atoms with Crippen molar-refractivity contribution in [2.24, 2.45) is 5.73 Å². The van der Waals surface area contributed by atoms with Gasteiger partial charge in [-0.1, -0.05) is 30.3 Å². The maximum atomic E-state index is 13.2. The molecule has 1 aliphatic carbocycles. The Bertz CT molecular complexity index is 1370.